The van der Waals surface area contributed by atoms with Crippen molar-refractivity contribution >= 4 is 30.7 Å². The molecule has 2 bridgehead atoms. The first-order valence-electron chi connectivity index (χ1n) is 8.78. The second kappa shape index (κ2) is 8.37. The van der Waals surface area contributed by atoms with Gasteiger partial charge in [-0.1, -0.05) is 19.3 Å². The Morgan fingerprint density at radius 1 is 1.09 bits per heavy atom. The molecule has 136 valence electrons. The topological polar surface area (TPSA) is 58.4 Å². The Balaban J connectivity index is 0.00000132. The highest BCUT2D eigenvalue weighted by molar-refractivity contribution is 5.85. The molecule has 0 spiro atoms. The van der Waals surface area contributed by atoms with Gasteiger partial charge in [0, 0.05) is 23.7 Å². The molecule has 23 heavy (non-hydrogen) atoms. The van der Waals surface area contributed by atoms with Gasteiger partial charge in [0.15, 0.2) is 0 Å². The predicted octanol–water partition coefficient (Wildman–Crippen LogP) is 2.87. The number of fused-ring (bicyclic) bond motifs is 2. The van der Waals surface area contributed by atoms with E-state index in [9.17, 15) is 4.79 Å². The molecule has 3 N–H and O–H groups in total. The number of nitrogens with two attached hydrogens (primary N) is 1. The molecule has 3 aliphatic rings. The summed E-state index contributed by atoms with van der Waals surface area (Å²) in [5, 5.41) is 3.35. The van der Waals surface area contributed by atoms with E-state index < -0.39 is 0 Å². The van der Waals surface area contributed by atoms with Crippen molar-refractivity contribution in [3.8, 4) is 0 Å². The molecule has 0 radical (unpaired) electrons. The molecule has 3 fully saturated rings. The van der Waals surface area contributed by atoms with Crippen LogP contribution in [0.3, 0.4) is 0 Å². The van der Waals surface area contributed by atoms with Crippen LogP contribution in [0, 0.1) is 5.92 Å². The van der Waals surface area contributed by atoms with Gasteiger partial charge in [-0.05, 0) is 52.5 Å². The summed E-state index contributed by atoms with van der Waals surface area (Å²) >= 11 is 0. The number of nitrogens with zero attached hydrogens (tertiary/aromatic N) is 1. The molecule has 1 aliphatic carbocycles. The Kier molecular flexibility index (Phi) is 7.65. The zero-order chi connectivity index (χ0) is 15.0. The molecule has 4 nitrogen and oxygen atoms in total. The van der Waals surface area contributed by atoms with Crippen LogP contribution in [0.5, 0.6) is 0 Å². The molecule has 2 saturated heterocycles. The molecular weight excluding hydrogens is 333 g/mol. The van der Waals surface area contributed by atoms with Crippen molar-refractivity contribution in [2.75, 3.05) is 7.05 Å². The van der Waals surface area contributed by atoms with Gasteiger partial charge in [-0.2, -0.15) is 0 Å². The van der Waals surface area contributed by atoms with Gasteiger partial charge in [-0.15, -0.1) is 24.8 Å². The lowest BCUT2D eigenvalue weighted by Crippen LogP contribution is -2.58. The fourth-order valence-corrected chi connectivity index (χ4v) is 4.82. The fourth-order valence-electron chi connectivity index (χ4n) is 4.82. The van der Waals surface area contributed by atoms with E-state index >= 15 is 0 Å². The number of carbonyl (C=O) groups excluding carboxylic acids is 1. The third kappa shape index (κ3) is 4.53. The summed E-state index contributed by atoms with van der Waals surface area (Å²) in [5.41, 5.74) is 6.06. The first-order chi connectivity index (χ1) is 9.97. The van der Waals surface area contributed by atoms with E-state index in [2.05, 4.69) is 24.2 Å². The second-order valence-corrected chi connectivity index (χ2v) is 7.89. The van der Waals surface area contributed by atoms with Crippen LogP contribution < -0.4 is 11.1 Å². The van der Waals surface area contributed by atoms with Crippen LogP contribution in [-0.4, -0.2) is 41.5 Å². The lowest BCUT2D eigenvalue weighted by atomic mass is 9.74. The third-order valence-corrected chi connectivity index (χ3v) is 6.26. The number of hydrogen-bond acceptors (Lipinski definition) is 3. The summed E-state index contributed by atoms with van der Waals surface area (Å²) in [6.07, 6.45) is 10.4. The summed E-state index contributed by atoms with van der Waals surface area (Å²) in [5.74, 6) is 0.220. The maximum absolute atomic E-state index is 12.7. The van der Waals surface area contributed by atoms with Gasteiger partial charge in [-0.3, -0.25) is 4.79 Å². The van der Waals surface area contributed by atoms with Crippen LogP contribution in [-0.2, 0) is 4.79 Å². The largest absolute Gasteiger partial charge is 0.353 e. The van der Waals surface area contributed by atoms with Crippen molar-refractivity contribution < 1.29 is 4.79 Å². The van der Waals surface area contributed by atoms with Gasteiger partial charge in [0.25, 0.3) is 0 Å². The zero-order valence-electron chi connectivity index (χ0n) is 14.4. The molecule has 0 aromatic rings. The SMILES string of the molecule is CN1C2CCCC1CC(NC(=O)C1CCCCC1(C)N)C2.Cl.Cl. The van der Waals surface area contributed by atoms with Gasteiger partial charge in [0.05, 0.1) is 5.92 Å². The average molecular weight is 366 g/mol. The quantitative estimate of drug-likeness (QED) is 0.790. The van der Waals surface area contributed by atoms with Crippen molar-refractivity contribution in [2.45, 2.75) is 88.4 Å². The van der Waals surface area contributed by atoms with Gasteiger partial charge < -0.3 is 16.0 Å². The minimum absolute atomic E-state index is 0. The third-order valence-electron chi connectivity index (χ3n) is 6.26. The van der Waals surface area contributed by atoms with Crippen LogP contribution in [0.25, 0.3) is 0 Å². The van der Waals surface area contributed by atoms with Gasteiger partial charge in [0.1, 0.15) is 0 Å². The number of hydrogen-bond donors (Lipinski definition) is 2. The molecule has 1 saturated carbocycles. The van der Waals surface area contributed by atoms with E-state index in [4.69, 9.17) is 5.73 Å². The Hall–Kier alpha value is -0.0300. The Morgan fingerprint density at radius 3 is 2.26 bits per heavy atom. The summed E-state index contributed by atoms with van der Waals surface area (Å²) in [4.78, 5) is 15.2. The average Bonchev–Trinajstić information content (AvgIpc) is 2.39. The number of rotatable bonds is 2. The highest BCUT2D eigenvalue weighted by atomic mass is 35.5. The standard InChI is InChI=1S/C17H31N3O.2ClH/c1-17(18)9-4-3-8-15(17)16(21)19-12-10-13-6-5-7-14(11-12)20(13)2;;/h12-15H,3-11,18H2,1-2H3,(H,19,21);2*1H. The van der Waals surface area contributed by atoms with E-state index in [1.54, 1.807) is 0 Å². The molecule has 1 amide bonds. The number of piperidine rings is 2. The number of halogens is 2. The highest BCUT2D eigenvalue weighted by Gasteiger charge is 2.41. The molecule has 4 atom stereocenters. The van der Waals surface area contributed by atoms with Crippen LogP contribution in [0.15, 0.2) is 0 Å². The molecular formula is C17H33Cl2N3O. The molecule has 2 aliphatic heterocycles. The molecule has 2 heterocycles. The van der Waals surface area contributed by atoms with E-state index in [0.29, 0.717) is 18.1 Å². The van der Waals surface area contributed by atoms with E-state index in [1.165, 1.54) is 19.3 Å². The normalized spacial score (nSPS) is 40.5. The molecule has 6 heteroatoms. The van der Waals surface area contributed by atoms with Crippen molar-refractivity contribution in [3.05, 3.63) is 0 Å². The maximum atomic E-state index is 12.7. The minimum Gasteiger partial charge on any atom is -0.353 e. The van der Waals surface area contributed by atoms with Crippen molar-refractivity contribution in [2.24, 2.45) is 11.7 Å². The van der Waals surface area contributed by atoms with Crippen LogP contribution in [0.1, 0.15) is 64.7 Å². The van der Waals surface area contributed by atoms with Crippen LogP contribution >= 0.6 is 24.8 Å². The van der Waals surface area contributed by atoms with Crippen molar-refractivity contribution in [1.29, 1.82) is 0 Å². The van der Waals surface area contributed by atoms with Crippen LogP contribution in [0.2, 0.25) is 0 Å². The predicted molar refractivity (Wildman–Crippen MR) is 99.4 cm³/mol. The van der Waals surface area contributed by atoms with Gasteiger partial charge in [-0.25, -0.2) is 0 Å². The Bertz CT molecular complexity index is 391. The first kappa shape index (κ1) is 21.0. The second-order valence-electron chi connectivity index (χ2n) is 7.89. The van der Waals surface area contributed by atoms with Crippen molar-refractivity contribution in [1.82, 2.24) is 10.2 Å². The number of nitrogens with one attached hydrogen (secondary N) is 1. The van der Waals surface area contributed by atoms with Gasteiger partial charge >= 0.3 is 0 Å². The maximum Gasteiger partial charge on any atom is 0.225 e. The molecule has 4 unspecified atom stereocenters. The Morgan fingerprint density at radius 2 is 1.70 bits per heavy atom. The zero-order valence-corrected chi connectivity index (χ0v) is 16.1. The summed E-state index contributed by atoms with van der Waals surface area (Å²) in [7, 11) is 2.25. The summed E-state index contributed by atoms with van der Waals surface area (Å²) in [6, 6.07) is 1.69. The molecule has 0 aromatic heterocycles. The van der Waals surface area contributed by atoms with Crippen LogP contribution in [0.4, 0.5) is 0 Å². The highest BCUT2D eigenvalue weighted by Crippen LogP contribution is 2.34. The smallest absolute Gasteiger partial charge is 0.225 e. The molecule has 0 aromatic carbocycles. The monoisotopic (exact) mass is 365 g/mol. The summed E-state index contributed by atoms with van der Waals surface area (Å²) < 4.78 is 0. The van der Waals surface area contributed by atoms with Crippen molar-refractivity contribution in [3.63, 3.8) is 0 Å². The summed E-state index contributed by atoms with van der Waals surface area (Å²) in [6.45, 7) is 2.06. The van der Waals surface area contributed by atoms with E-state index in [-0.39, 0.29) is 42.2 Å². The lowest BCUT2D eigenvalue weighted by molar-refractivity contribution is -0.129. The minimum atomic E-state index is -0.316. The Labute approximate surface area is 153 Å². The lowest BCUT2D eigenvalue weighted by Gasteiger charge is -2.47. The first-order valence-corrected chi connectivity index (χ1v) is 8.78. The fraction of sp³-hybridized carbons (Fsp3) is 0.941. The van der Waals surface area contributed by atoms with E-state index in [0.717, 1.165) is 38.5 Å². The number of carbonyl (C=O) groups is 1. The molecule has 3 rings (SSSR count). The number of amides is 1. The van der Waals surface area contributed by atoms with E-state index in [1.807, 2.05) is 0 Å². The van der Waals surface area contributed by atoms with Gasteiger partial charge in [0.2, 0.25) is 5.91 Å².